The quantitative estimate of drug-likeness (QED) is 0.546. The highest BCUT2D eigenvalue weighted by molar-refractivity contribution is 6.83. The SMILES string of the molecule is CC(C)(C)OC(=O)N1CCn2c(C#C[Si](C)(C)C)cnc2C1. The van der Waals surface area contributed by atoms with Crippen LogP contribution in [0.2, 0.25) is 19.6 Å². The minimum atomic E-state index is -1.40. The van der Waals surface area contributed by atoms with E-state index in [1.165, 1.54) is 0 Å². The average Bonchev–Trinajstić information content (AvgIpc) is 2.75. The van der Waals surface area contributed by atoms with Crippen LogP contribution in [0.1, 0.15) is 32.3 Å². The molecule has 0 fully saturated rings. The van der Waals surface area contributed by atoms with Crippen molar-refractivity contribution in [2.45, 2.75) is 59.1 Å². The Bertz CT molecular complexity index is 627. The Morgan fingerprint density at radius 2 is 2.00 bits per heavy atom. The van der Waals surface area contributed by atoms with Gasteiger partial charge >= 0.3 is 6.09 Å². The standard InChI is InChI=1S/C16H25N3O2Si/c1-16(2,3)21-15(20)18-8-9-19-13(7-10-22(4,5)6)11-17-14(19)12-18/h11H,8-9,12H2,1-6H3. The van der Waals surface area contributed by atoms with Crippen LogP contribution in [0.15, 0.2) is 6.20 Å². The van der Waals surface area contributed by atoms with Crippen molar-refractivity contribution >= 4 is 14.2 Å². The molecule has 0 aromatic carbocycles. The highest BCUT2D eigenvalue weighted by Crippen LogP contribution is 2.17. The van der Waals surface area contributed by atoms with E-state index in [2.05, 4.69) is 40.7 Å². The summed E-state index contributed by atoms with van der Waals surface area (Å²) in [6, 6.07) is 0. The summed E-state index contributed by atoms with van der Waals surface area (Å²) in [5.41, 5.74) is 3.83. The number of imidazole rings is 1. The van der Waals surface area contributed by atoms with Gasteiger partial charge in [0.2, 0.25) is 0 Å². The Kier molecular flexibility index (Phi) is 4.39. The number of aromatic nitrogens is 2. The van der Waals surface area contributed by atoms with Gasteiger partial charge in [-0.05, 0) is 20.8 Å². The lowest BCUT2D eigenvalue weighted by molar-refractivity contribution is 0.0195. The van der Waals surface area contributed by atoms with E-state index < -0.39 is 13.7 Å². The molecule has 0 saturated heterocycles. The van der Waals surface area contributed by atoms with Crippen molar-refractivity contribution in [3.05, 3.63) is 17.7 Å². The number of rotatable bonds is 0. The van der Waals surface area contributed by atoms with E-state index >= 15 is 0 Å². The van der Waals surface area contributed by atoms with Gasteiger partial charge in [0.25, 0.3) is 0 Å². The van der Waals surface area contributed by atoms with Crippen molar-refractivity contribution in [1.29, 1.82) is 0 Å². The van der Waals surface area contributed by atoms with Gasteiger partial charge in [0, 0.05) is 13.1 Å². The van der Waals surface area contributed by atoms with E-state index in [4.69, 9.17) is 4.74 Å². The van der Waals surface area contributed by atoms with Crippen molar-refractivity contribution < 1.29 is 9.53 Å². The molecule has 120 valence electrons. The molecule has 1 amide bonds. The lowest BCUT2D eigenvalue weighted by Gasteiger charge is -2.30. The van der Waals surface area contributed by atoms with Gasteiger partial charge in [0.05, 0.1) is 12.7 Å². The maximum atomic E-state index is 12.1. The average molecular weight is 319 g/mol. The number of carbonyl (C=O) groups excluding carboxylic acids is 1. The molecule has 22 heavy (non-hydrogen) atoms. The van der Waals surface area contributed by atoms with Gasteiger partial charge in [-0.3, -0.25) is 4.90 Å². The molecule has 0 atom stereocenters. The molecule has 0 aliphatic carbocycles. The molecule has 0 radical (unpaired) electrons. The van der Waals surface area contributed by atoms with Crippen LogP contribution < -0.4 is 0 Å². The van der Waals surface area contributed by atoms with E-state index in [9.17, 15) is 4.79 Å². The first-order valence-electron chi connectivity index (χ1n) is 7.61. The summed E-state index contributed by atoms with van der Waals surface area (Å²) >= 11 is 0. The second-order valence-corrected chi connectivity index (χ2v) is 12.4. The number of ether oxygens (including phenoxy) is 1. The molecule has 0 bridgehead atoms. The summed E-state index contributed by atoms with van der Waals surface area (Å²) in [5.74, 6) is 4.12. The maximum Gasteiger partial charge on any atom is 0.410 e. The summed E-state index contributed by atoms with van der Waals surface area (Å²) in [6.07, 6.45) is 1.53. The van der Waals surface area contributed by atoms with Crippen molar-refractivity contribution in [3.63, 3.8) is 0 Å². The van der Waals surface area contributed by atoms with Crippen LogP contribution in [0.3, 0.4) is 0 Å². The molecule has 2 rings (SSSR count). The van der Waals surface area contributed by atoms with Gasteiger partial charge in [-0.15, -0.1) is 5.54 Å². The molecule has 1 aromatic rings. The fourth-order valence-corrected chi connectivity index (χ4v) is 2.60. The zero-order chi connectivity index (χ0) is 16.5. The highest BCUT2D eigenvalue weighted by atomic mass is 28.3. The van der Waals surface area contributed by atoms with Gasteiger partial charge < -0.3 is 9.30 Å². The van der Waals surface area contributed by atoms with E-state index in [0.29, 0.717) is 19.6 Å². The summed E-state index contributed by atoms with van der Waals surface area (Å²) in [5, 5.41) is 0. The molecule has 2 heterocycles. The van der Waals surface area contributed by atoms with Gasteiger partial charge in [0.1, 0.15) is 25.2 Å². The molecule has 6 heteroatoms. The van der Waals surface area contributed by atoms with Crippen LogP contribution in [0, 0.1) is 11.5 Å². The molecule has 0 N–H and O–H groups in total. The number of amides is 1. The van der Waals surface area contributed by atoms with E-state index in [0.717, 1.165) is 11.5 Å². The number of hydrogen-bond donors (Lipinski definition) is 0. The summed E-state index contributed by atoms with van der Waals surface area (Å²) in [7, 11) is -1.40. The summed E-state index contributed by atoms with van der Waals surface area (Å²) < 4.78 is 7.52. The first kappa shape index (κ1) is 16.6. The number of carbonyl (C=O) groups is 1. The van der Waals surface area contributed by atoms with E-state index in [1.807, 2.05) is 20.8 Å². The molecular formula is C16H25N3O2Si. The molecule has 1 aliphatic rings. The molecule has 1 aliphatic heterocycles. The van der Waals surface area contributed by atoms with Gasteiger partial charge in [-0.25, -0.2) is 9.78 Å². The molecule has 0 saturated carbocycles. The number of nitrogens with zero attached hydrogens (tertiary/aromatic N) is 3. The molecule has 5 nitrogen and oxygen atoms in total. The predicted octanol–water partition coefficient (Wildman–Crippen LogP) is 2.86. The second kappa shape index (κ2) is 5.80. The zero-order valence-corrected chi connectivity index (χ0v) is 15.4. The Morgan fingerprint density at radius 3 is 2.59 bits per heavy atom. The van der Waals surface area contributed by atoms with Gasteiger partial charge in [-0.1, -0.05) is 25.6 Å². The van der Waals surface area contributed by atoms with Crippen LogP contribution in [0.5, 0.6) is 0 Å². The van der Waals surface area contributed by atoms with Crippen LogP contribution >= 0.6 is 0 Å². The van der Waals surface area contributed by atoms with Crippen LogP contribution in [-0.4, -0.2) is 40.8 Å². The molecular weight excluding hydrogens is 294 g/mol. The Labute approximate surface area is 133 Å². The van der Waals surface area contributed by atoms with Crippen LogP contribution in [-0.2, 0) is 17.8 Å². The van der Waals surface area contributed by atoms with Gasteiger partial charge in [0.15, 0.2) is 0 Å². The maximum absolute atomic E-state index is 12.1. The second-order valence-electron chi connectivity index (χ2n) is 7.61. The Balaban J connectivity index is 2.11. The Hall–Kier alpha value is -1.74. The topological polar surface area (TPSA) is 47.4 Å². The smallest absolute Gasteiger partial charge is 0.410 e. The largest absolute Gasteiger partial charge is 0.444 e. The minimum Gasteiger partial charge on any atom is -0.444 e. The van der Waals surface area contributed by atoms with Crippen molar-refractivity contribution in [2.24, 2.45) is 0 Å². The normalized spacial score (nSPS) is 14.9. The van der Waals surface area contributed by atoms with Crippen LogP contribution in [0.25, 0.3) is 0 Å². The highest BCUT2D eigenvalue weighted by Gasteiger charge is 2.27. The monoisotopic (exact) mass is 319 g/mol. The third-order valence-corrected chi connectivity index (χ3v) is 3.96. The fraction of sp³-hybridized carbons (Fsp3) is 0.625. The van der Waals surface area contributed by atoms with Crippen molar-refractivity contribution in [1.82, 2.24) is 14.5 Å². The summed E-state index contributed by atoms with van der Waals surface area (Å²) in [4.78, 5) is 18.2. The lowest BCUT2D eigenvalue weighted by Crippen LogP contribution is -2.41. The van der Waals surface area contributed by atoms with E-state index in [-0.39, 0.29) is 6.09 Å². The van der Waals surface area contributed by atoms with Crippen molar-refractivity contribution in [2.75, 3.05) is 6.54 Å². The lowest BCUT2D eigenvalue weighted by atomic mass is 10.2. The molecule has 0 spiro atoms. The third-order valence-electron chi connectivity index (χ3n) is 3.08. The van der Waals surface area contributed by atoms with Crippen molar-refractivity contribution in [3.8, 4) is 11.5 Å². The third kappa shape index (κ3) is 4.37. The fourth-order valence-electron chi connectivity index (χ4n) is 2.09. The minimum absolute atomic E-state index is 0.281. The van der Waals surface area contributed by atoms with E-state index in [1.54, 1.807) is 11.1 Å². The predicted molar refractivity (Wildman–Crippen MR) is 89.1 cm³/mol. The molecule has 1 aromatic heterocycles. The van der Waals surface area contributed by atoms with Crippen LogP contribution in [0.4, 0.5) is 4.79 Å². The first-order valence-corrected chi connectivity index (χ1v) is 11.1. The number of hydrogen-bond acceptors (Lipinski definition) is 3. The molecule has 0 unspecified atom stereocenters. The van der Waals surface area contributed by atoms with Gasteiger partial charge in [-0.2, -0.15) is 0 Å². The number of fused-ring (bicyclic) bond motifs is 1. The summed E-state index contributed by atoms with van der Waals surface area (Å²) in [6.45, 7) is 14.1. The zero-order valence-electron chi connectivity index (χ0n) is 14.4. The Morgan fingerprint density at radius 1 is 1.32 bits per heavy atom. The first-order chi connectivity index (χ1) is 10.1.